The molecule has 0 aliphatic heterocycles. The molecule has 7 heteroatoms. The first-order valence-corrected chi connectivity index (χ1v) is 10.4. The van der Waals surface area contributed by atoms with Crippen molar-refractivity contribution in [1.29, 1.82) is 0 Å². The third-order valence-corrected chi connectivity index (χ3v) is 5.29. The predicted molar refractivity (Wildman–Crippen MR) is 118 cm³/mol. The van der Waals surface area contributed by atoms with Crippen LogP contribution in [0.15, 0.2) is 59.1 Å². The highest BCUT2D eigenvalue weighted by Crippen LogP contribution is 2.34. The maximum absolute atomic E-state index is 13.8. The monoisotopic (exact) mass is 438 g/mol. The molecule has 2 heterocycles. The lowest BCUT2D eigenvalue weighted by molar-refractivity contribution is 0.260. The first-order chi connectivity index (χ1) is 15.6. The molecular weight excluding hydrogens is 414 g/mol. The summed E-state index contributed by atoms with van der Waals surface area (Å²) >= 11 is 0. The third kappa shape index (κ3) is 4.73. The molecule has 0 aliphatic rings. The molecular formula is C25H24F2N2O3. The van der Waals surface area contributed by atoms with Crippen molar-refractivity contribution in [1.82, 2.24) is 4.98 Å². The number of aromatic nitrogens is 1. The summed E-state index contributed by atoms with van der Waals surface area (Å²) in [6.45, 7) is 2.89. The lowest BCUT2D eigenvalue weighted by Gasteiger charge is -2.09. The van der Waals surface area contributed by atoms with Crippen LogP contribution in [-0.2, 0) is 19.6 Å². The minimum absolute atomic E-state index is 0.0179. The van der Waals surface area contributed by atoms with Gasteiger partial charge in [-0.05, 0) is 55.7 Å². The smallest absolute Gasteiger partial charge is 0.167 e. The minimum Gasteiger partial charge on any atom is -0.493 e. The number of benzene rings is 2. The molecule has 0 radical (unpaired) electrons. The van der Waals surface area contributed by atoms with Gasteiger partial charge >= 0.3 is 0 Å². The highest BCUT2D eigenvalue weighted by Gasteiger charge is 2.16. The largest absolute Gasteiger partial charge is 0.493 e. The van der Waals surface area contributed by atoms with E-state index in [1.807, 2.05) is 37.3 Å². The SMILES string of the molecule is Cc1c(COc2ccc(F)cc2F)oc2cccc(OCCCc3ncccc3CN)c12. The molecule has 5 nitrogen and oxygen atoms in total. The first kappa shape index (κ1) is 21.8. The van der Waals surface area contributed by atoms with Crippen LogP contribution in [0, 0.1) is 18.6 Å². The zero-order valence-corrected chi connectivity index (χ0v) is 17.7. The van der Waals surface area contributed by atoms with Gasteiger partial charge in [-0.15, -0.1) is 0 Å². The predicted octanol–water partition coefficient (Wildman–Crippen LogP) is 5.46. The molecule has 32 heavy (non-hydrogen) atoms. The molecule has 0 fully saturated rings. The van der Waals surface area contributed by atoms with Crippen LogP contribution in [0.1, 0.15) is 29.0 Å². The van der Waals surface area contributed by atoms with Crippen LogP contribution in [0.3, 0.4) is 0 Å². The van der Waals surface area contributed by atoms with E-state index in [2.05, 4.69) is 4.98 Å². The molecule has 0 unspecified atom stereocenters. The van der Waals surface area contributed by atoms with Crippen molar-refractivity contribution in [3.63, 3.8) is 0 Å². The maximum atomic E-state index is 13.8. The number of ether oxygens (including phenoxy) is 2. The van der Waals surface area contributed by atoms with E-state index in [-0.39, 0.29) is 12.4 Å². The van der Waals surface area contributed by atoms with Crippen LogP contribution < -0.4 is 15.2 Å². The van der Waals surface area contributed by atoms with Crippen LogP contribution in [0.2, 0.25) is 0 Å². The van der Waals surface area contributed by atoms with E-state index in [1.165, 1.54) is 6.07 Å². The number of nitrogens with zero attached hydrogens (tertiary/aromatic N) is 1. The number of pyridine rings is 1. The van der Waals surface area contributed by atoms with E-state index in [4.69, 9.17) is 19.6 Å². The Balaban J connectivity index is 1.43. The zero-order chi connectivity index (χ0) is 22.5. The van der Waals surface area contributed by atoms with Gasteiger partial charge < -0.3 is 19.6 Å². The molecule has 0 spiro atoms. The molecule has 2 aromatic heterocycles. The van der Waals surface area contributed by atoms with Gasteiger partial charge in [-0.3, -0.25) is 4.98 Å². The minimum atomic E-state index is -0.756. The fourth-order valence-corrected chi connectivity index (χ4v) is 3.61. The third-order valence-electron chi connectivity index (χ3n) is 5.29. The zero-order valence-electron chi connectivity index (χ0n) is 17.7. The van der Waals surface area contributed by atoms with Gasteiger partial charge in [-0.1, -0.05) is 12.1 Å². The Hall–Kier alpha value is -3.45. The average Bonchev–Trinajstić information content (AvgIpc) is 3.12. The van der Waals surface area contributed by atoms with Gasteiger partial charge in [0.2, 0.25) is 0 Å². The molecule has 4 rings (SSSR count). The van der Waals surface area contributed by atoms with Crippen molar-refractivity contribution >= 4 is 11.0 Å². The van der Waals surface area contributed by atoms with Crippen LogP contribution in [0.25, 0.3) is 11.0 Å². The number of halogens is 2. The molecule has 166 valence electrons. The van der Waals surface area contributed by atoms with Crippen LogP contribution in [0.4, 0.5) is 8.78 Å². The molecule has 0 amide bonds. The van der Waals surface area contributed by atoms with Crippen LogP contribution in [0.5, 0.6) is 11.5 Å². The lowest BCUT2D eigenvalue weighted by Crippen LogP contribution is -2.06. The van der Waals surface area contributed by atoms with E-state index >= 15 is 0 Å². The summed E-state index contributed by atoms with van der Waals surface area (Å²) in [5, 5.41) is 0.853. The van der Waals surface area contributed by atoms with Crippen LogP contribution in [-0.4, -0.2) is 11.6 Å². The summed E-state index contributed by atoms with van der Waals surface area (Å²) in [4.78, 5) is 4.41. The van der Waals surface area contributed by atoms with Crippen molar-refractivity contribution in [3.05, 3.63) is 88.9 Å². The number of hydrogen-bond donors (Lipinski definition) is 1. The van der Waals surface area contributed by atoms with Crippen molar-refractivity contribution in [2.24, 2.45) is 5.73 Å². The number of furan rings is 1. The summed E-state index contributed by atoms with van der Waals surface area (Å²) in [5.74, 6) is -0.176. The van der Waals surface area contributed by atoms with Gasteiger partial charge in [0.15, 0.2) is 11.6 Å². The molecule has 0 atom stereocenters. The molecule has 4 aromatic rings. The Morgan fingerprint density at radius 2 is 1.91 bits per heavy atom. The van der Waals surface area contributed by atoms with Gasteiger partial charge in [-0.2, -0.15) is 0 Å². The summed E-state index contributed by atoms with van der Waals surface area (Å²) < 4.78 is 44.4. The Kier molecular flexibility index (Phi) is 6.66. The Labute approximate surface area is 184 Å². The van der Waals surface area contributed by atoms with Gasteiger partial charge in [0.25, 0.3) is 0 Å². The summed E-state index contributed by atoms with van der Waals surface area (Å²) in [5.41, 5.74) is 9.32. The van der Waals surface area contributed by atoms with Gasteiger partial charge in [0.05, 0.1) is 12.0 Å². The maximum Gasteiger partial charge on any atom is 0.167 e. The fourth-order valence-electron chi connectivity index (χ4n) is 3.61. The standard InChI is InChI=1S/C25H24F2N2O3/c1-16-24(15-31-21-10-9-18(26)13-19(21)27)32-23-8-2-7-22(25(16)23)30-12-4-6-20-17(14-28)5-3-11-29-20/h2-3,5,7-11,13H,4,6,12,14-15,28H2,1H3. The number of hydrogen-bond acceptors (Lipinski definition) is 5. The Morgan fingerprint density at radius 3 is 2.72 bits per heavy atom. The highest BCUT2D eigenvalue weighted by atomic mass is 19.1. The number of aryl methyl sites for hydroxylation is 2. The molecule has 2 N–H and O–H groups in total. The second-order valence-corrected chi connectivity index (χ2v) is 7.41. The second-order valence-electron chi connectivity index (χ2n) is 7.41. The highest BCUT2D eigenvalue weighted by molar-refractivity contribution is 5.88. The topological polar surface area (TPSA) is 70.5 Å². The van der Waals surface area contributed by atoms with E-state index in [0.29, 0.717) is 30.2 Å². The van der Waals surface area contributed by atoms with E-state index in [0.717, 1.165) is 47.2 Å². The molecule has 0 saturated heterocycles. The van der Waals surface area contributed by atoms with Gasteiger partial charge in [0, 0.05) is 30.1 Å². The number of fused-ring (bicyclic) bond motifs is 1. The Morgan fingerprint density at radius 1 is 1.03 bits per heavy atom. The van der Waals surface area contributed by atoms with Crippen molar-refractivity contribution in [3.8, 4) is 11.5 Å². The van der Waals surface area contributed by atoms with Gasteiger partial charge in [-0.25, -0.2) is 8.78 Å². The molecule has 0 saturated carbocycles. The normalized spacial score (nSPS) is 11.1. The Bertz CT molecular complexity index is 1220. The molecule has 0 bridgehead atoms. The van der Waals surface area contributed by atoms with E-state index < -0.39 is 11.6 Å². The quantitative estimate of drug-likeness (QED) is 0.351. The van der Waals surface area contributed by atoms with E-state index in [1.54, 1.807) is 6.20 Å². The van der Waals surface area contributed by atoms with Crippen molar-refractivity contribution in [2.75, 3.05) is 6.61 Å². The first-order valence-electron chi connectivity index (χ1n) is 10.4. The van der Waals surface area contributed by atoms with Crippen molar-refractivity contribution in [2.45, 2.75) is 32.9 Å². The number of nitrogens with two attached hydrogens (primary N) is 1. The summed E-state index contributed by atoms with van der Waals surface area (Å²) in [6.07, 6.45) is 3.33. The molecule has 0 aliphatic carbocycles. The van der Waals surface area contributed by atoms with E-state index in [9.17, 15) is 8.78 Å². The average molecular weight is 438 g/mol. The second kappa shape index (κ2) is 9.78. The molecule has 2 aromatic carbocycles. The lowest BCUT2D eigenvalue weighted by atomic mass is 10.1. The summed E-state index contributed by atoms with van der Waals surface area (Å²) in [7, 11) is 0. The number of rotatable bonds is 9. The fraction of sp³-hybridized carbons (Fsp3) is 0.240. The van der Waals surface area contributed by atoms with Crippen LogP contribution >= 0.6 is 0 Å². The van der Waals surface area contributed by atoms with Gasteiger partial charge in [0.1, 0.15) is 29.5 Å². The van der Waals surface area contributed by atoms with Crippen molar-refractivity contribution < 1.29 is 22.7 Å². The summed E-state index contributed by atoms with van der Waals surface area (Å²) in [6, 6.07) is 12.7.